The molecule has 0 atom stereocenters. The van der Waals surface area contributed by atoms with Gasteiger partial charge in [0.1, 0.15) is 0 Å². The minimum Gasteiger partial charge on any atom is -0.395 e. The van der Waals surface area contributed by atoms with Crippen LogP contribution in [0.1, 0.15) is 20.0 Å². The Balaban J connectivity index is 2.13. The van der Waals surface area contributed by atoms with Gasteiger partial charge < -0.3 is 10.4 Å². The first kappa shape index (κ1) is 13.5. The number of hydrogen-bond donors (Lipinski definition) is 2. The number of carbonyl (C=O) groups excluding carboxylic acids is 2. The summed E-state index contributed by atoms with van der Waals surface area (Å²) in [5.74, 6) is -0.208. The molecule has 0 aliphatic heterocycles. The van der Waals surface area contributed by atoms with E-state index in [0.717, 1.165) is 16.7 Å². The molecule has 1 aromatic carbocycles. The molecule has 1 aromatic heterocycles. The van der Waals surface area contributed by atoms with E-state index in [1.54, 1.807) is 18.2 Å². The van der Waals surface area contributed by atoms with Crippen LogP contribution < -0.4 is 5.32 Å². The average molecular weight is 275 g/mol. The molecule has 0 saturated carbocycles. The van der Waals surface area contributed by atoms with E-state index in [0.29, 0.717) is 10.4 Å². The molecule has 0 aliphatic carbocycles. The van der Waals surface area contributed by atoms with Crippen molar-refractivity contribution in [3.63, 3.8) is 0 Å². The van der Waals surface area contributed by atoms with Gasteiger partial charge in [-0.05, 0) is 29.8 Å². The maximum absolute atomic E-state index is 11.6. The Bertz CT molecular complexity index is 575. The fraction of sp³-hybridized carbons (Fsp3) is 0.143. The topological polar surface area (TPSA) is 66.4 Å². The summed E-state index contributed by atoms with van der Waals surface area (Å²) in [6, 6.07) is 10.8. The molecule has 1 heterocycles. The first-order chi connectivity index (χ1) is 9.24. The maximum atomic E-state index is 11.6. The second-order valence-corrected chi connectivity index (χ2v) is 4.99. The van der Waals surface area contributed by atoms with Gasteiger partial charge in [0, 0.05) is 17.0 Å². The fourth-order valence-electron chi connectivity index (χ4n) is 1.63. The van der Waals surface area contributed by atoms with Gasteiger partial charge in [0.2, 0.25) is 0 Å². The molecule has 4 nitrogen and oxygen atoms in total. The number of carbonyl (C=O) groups is 2. The van der Waals surface area contributed by atoms with Gasteiger partial charge in [-0.2, -0.15) is 0 Å². The molecule has 2 N–H and O–H groups in total. The summed E-state index contributed by atoms with van der Waals surface area (Å²) in [5.41, 5.74) is 1.51. The molecule has 0 spiro atoms. The summed E-state index contributed by atoms with van der Waals surface area (Å²) in [6.45, 7) is 0.168. The number of benzene rings is 1. The zero-order valence-electron chi connectivity index (χ0n) is 10.1. The van der Waals surface area contributed by atoms with Crippen molar-refractivity contribution in [1.29, 1.82) is 0 Å². The van der Waals surface area contributed by atoms with Crippen LogP contribution >= 0.6 is 11.3 Å². The van der Waals surface area contributed by atoms with Crippen LogP contribution in [0.3, 0.4) is 0 Å². The van der Waals surface area contributed by atoms with Gasteiger partial charge >= 0.3 is 0 Å². The largest absolute Gasteiger partial charge is 0.395 e. The molecule has 0 bridgehead atoms. The molecule has 98 valence electrons. The molecule has 0 fully saturated rings. The molecule has 2 aromatic rings. The SMILES string of the molecule is O=Cc1ccc(-c2ccc(C(=O)NCCO)cc2)s1. The van der Waals surface area contributed by atoms with Crippen LogP contribution in [-0.4, -0.2) is 30.5 Å². The van der Waals surface area contributed by atoms with Crippen molar-refractivity contribution in [3.05, 3.63) is 46.8 Å². The third kappa shape index (κ3) is 3.27. The van der Waals surface area contributed by atoms with Crippen molar-refractivity contribution in [3.8, 4) is 10.4 Å². The third-order valence-electron chi connectivity index (χ3n) is 2.57. The van der Waals surface area contributed by atoms with E-state index in [4.69, 9.17) is 5.11 Å². The summed E-state index contributed by atoms with van der Waals surface area (Å²) in [7, 11) is 0. The first-order valence-electron chi connectivity index (χ1n) is 5.79. The lowest BCUT2D eigenvalue weighted by molar-refractivity contribution is 0.0944. The van der Waals surface area contributed by atoms with Crippen LogP contribution in [0.4, 0.5) is 0 Å². The van der Waals surface area contributed by atoms with Crippen molar-refractivity contribution in [2.75, 3.05) is 13.2 Å². The lowest BCUT2D eigenvalue weighted by Crippen LogP contribution is -2.26. The zero-order chi connectivity index (χ0) is 13.7. The second-order valence-electron chi connectivity index (χ2n) is 3.88. The fourth-order valence-corrected chi connectivity index (χ4v) is 2.46. The summed E-state index contributed by atoms with van der Waals surface area (Å²) in [6.07, 6.45) is 0.824. The first-order valence-corrected chi connectivity index (χ1v) is 6.61. The van der Waals surface area contributed by atoms with Crippen molar-refractivity contribution >= 4 is 23.5 Å². The zero-order valence-corrected chi connectivity index (χ0v) is 10.9. The second kappa shape index (κ2) is 6.26. The van der Waals surface area contributed by atoms with Gasteiger partial charge in [-0.15, -0.1) is 11.3 Å². The molecule has 5 heteroatoms. The van der Waals surface area contributed by atoms with Crippen molar-refractivity contribution in [2.24, 2.45) is 0 Å². The van der Waals surface area contributed by atoms with Crippen LogP contribution in [0.15, 0.2) is 36.4 Å². The van der Waals surface area contributed by atoms with Gasteiger partial charge in [-0.1, -0.05) is 12.1 Å². The molecule has 0 radical (unpaired) electrons. The molecule has 19 heavy (non-hydrogen) atoms. The van der Waals surface area contributed by atoms with E-state index >= 15 is 0 Å². The number of aliphatic hydroxyl groups is 1. The highest BCUT2D eigenvalue weighted by Gasteiger charge is 2.06. The summed E-state index contributed by atoms with van der Waals surface area (Å²) >= 11 is 1.41. The number of thiophene rings is 1. The number of aliphatic hydroxyl groups excluding tert-OH is 1. The van der Waals surface area contributed by atoms with Crippen LogP contribution in [0.25, 0.3) is 10.4 Å². The smallest absolute Gasteiger partial charge is 0.251 e. The van der Waals surface area contributed by atoms with Crippen molar-refractivity contribution in [2.45, 2.75) is 0 Å². The maximum Gasteiger partial charge on any atom is 0.251 e. The summed E-state index contributed by atoms with van der Waals surface area (Å²) in [5, 5.41) is 11.2. The number of nitrogens with one attached hydrogen (secondary N) is 1. The molecule has 0 aliphatic rings. The Morgan fingerprint density at radius 1 is 1.21 bits per heavy atom. The Morgan fingerprint density at radius 3 is 2.53 bits per heavy atom. The Hall–Kier alpha value is -1.98. The van der Waals surface area contributed by atoms with E-state index in [1.165, 1.54) is 11.3 Å². The van der Waals surface area contributed by atoms with E-state index in [9.17, 15) is 9.59 Å². The lowest BCUT2D eigenvalue weighted by atomic mass is 10.1. The van der Waals surface area contributed by atoms with Gasteiger partial charge in [-0.3, -0.25) is 9.59 Å². The quantitative estimate of drug-likeness (QED) is 0.820. The predicted molar refractivity (Wildman–Crippen MR) is 74.6 cm³/mol. The number of aldehydes is 1. The average Bonchev–Trinajstić information content (AvgIpc) is 2.94. The molecule has 2 rings (SSSR count). The molecular weight excluding hydrogens is 262 g/mol. The van der Waals surface area contributed by atoms with Gasteiger partial charge in [-0.25, -0.2) is 0 Å². The number of rotatable bonds is 5. The highest BCUT2D eigenvalue weighted by atomic mass is 32.1. The Kier molecular flexibility index (Phi) is 4.43. The van der Waals surface area contributed by atoms with Crippen LogP contribution in [-0.2, 0) is 0 Å². The van der Waals surface area contributed by atoms with Crippen LogP contribution in [0.2, 0.25) is 0 Å². The van der Waals surface area contributed by atoms with Gasteiger partial charge in [0.05, 0.1) is 11.5 Å². The lowest BCUT2D eigenvalue weighted by Gasteiger charge is -2.04. The highest BCUT2D eigenvalue weighted by Crippen LogP contribution is 2.27. The molecule has 1 amide bonds. The highest BCUT2D eigenvalue weighted by molar-refractivity contribution is 7.17. The summed E-state index contributed by atoms with van der Waals surface area (Å²) < 4.78 is 0. The van der Waals surface area contributed by atoms with Crippen LogP contribution in [0.5, 0.6) is 0 Å². The normalized spacial score (nSPS) is 10.2. The van der Waals surface area contributed by atoms with Crippen LogP contribution in [0, 0.1) is 0 Å². The molecule has 0 unspecified atom stereocenters. The predicted octanol–water partition coefficient (Wildman–Crippen LogP) is 1.95. The standard InChI is InChI=1S/C14H13NO3S/c16-8-7-15-14(18)11-3-1-10(2-4-11)13-6-5-12(9-17)19-13/h1-6,9,16H,7-8H2,(H,15,18). The molecular formula is C14H13NO3S. The van der Waals surface area contributed by atoms with Crippen molar-refractivity contribution < 1.29 is 14.7 Å². The van der Waals surface area contributed by atoms with E-state index < -0.39 is 0 Å². The third-order valence-corrected chi connectivity index (χ3v) is 3.63. The van der Waals surface area contributed by atoms with E-state index in [-0.39, 0.29) is 19.1 Å². The number of hydrogen-bond acceptors (Lipinski definition) is 4. The van der Waals surface area contributed by atoms with Gasteiger partial charge in [0.15, 0.2) is 6.29 Å². The monoisotopic (exact) mass is 275 g/mol. The summed E-state index contributed by atoms with van der Waals surface area (Å²) in [4.78, 5) is 23.9. The Morgan fingerprint density at radius 2 is 1.95 bits per heavy atom. The van der Waals surface area contributed by atoms with Gasteiger partial charge in [0.25, 0.3) is 5.91 Å². The van der Waals surface area contributed by atoms with Crippen molar-refractivity contribution in [1.82, 2.24) is 5.32 Å². The minimum absolute atomic E-state index is 0.0759. The van der Waals surface area contributed by atoms with E-state index in [2.05, 4.69) is 5.32 Å². The van der Waals surface area contributed by atoms with E-state index in [1.807, 2.05) is 18.2 Å². The Labute approximate surface area is 114 Å². The molecule has 0 saturated heterocycles. The number of amides is 1. The minimum atomic E-state index is -0.208.